The molecule has 0 bridgehead atoms. The van der Waals surface area contributed by atoms with Crippen LogP contribution in [0, 0.1) is 6.92 Å². The maximum Gasteiger partial charge on any atom is 0.155 e. The lowest BCUT2D eigenvalue weighted by Gasteiger charge is -2.33. The maximum atomic E-state index is 10.3. The first kappa shape index (κ1) is 13.5. The molecular formula is C15H22N4O. The van der Waals surface area contributed by atoms with Crippen LogP contribution in [0.1, 0.15) is 37.9 Å². The Morgan fingerprint density at radius 2 is 2.25 bits per heavy atom. The number of rotatable bonds is 3. The molecule has 1 aliphatic heterocycles. The highest BCUT2D eigenvalue weighted by Gasteiger charge is 2.35. The lowest BCUT2D eigenvalue weighted by molar-refractivity contribution is -0.00508. The number of aryl methyl sites for hydroxylation is 1. The van der Waals surface area contributed by atoms with Crippen molar-refractivity contribution in [2.75, 3.05) is 6.54 Å². The van der Waals surface area contributed by atoms with Gasteiger partial charge in [0.25, 0.3) is 0 Å². The molecular weight excluding hydrogens is 252 g/mol. The highest BCUT2D eigenvalue weighted by Crippen LogP contribution is 2.28. The van der Waals surface area contributed by atoms with Crippen molar-refractivity contribution in [3.8, 4) is 0 Å². The second-order valence-electron chi connectivity index (χ2n) is 6.33. The Morgan fingerprint density at radius 1 is 1.45 bits per heavy atom. The Kier molecular flexibility index (Phi) is 3.26. The Labute approximate surface area is 119 Å². The number of hydrogen-bond acceptors (Lipinski definition) is 4. The number of aromatic nitrogens is 3. The van der Waals surface area contributed by atoms with E-state index in [1.165, 1.54) is 0 Å². The summed E-state index contributed by atoms with van der Waals surface area (Å²) in [6.45, 7) is 7.61. The summed E-state index contributed by atoms with van der Waals surface area (Å²) in [5, 5.41) is 14.7. The zero-order chi connectivity index (χ0) is 14.3. The van der Waals surface area contributed by atoms with E-state index in [1.54, 1.807) is 0 Å². The van der Waals surface area contributed by atoms with Crippen LogP contribution >= 0.6 is 0 Å². The van der Waals surface area contributed by atoms with Gasteiger partial charge in [-0.3, -0.25) is 4.90 Å². The van der Waals surface area contributed by atoms with Crippen LogP contribution in [0.25, 0.3) is 5.65 Å². The molecule has 2 aromatic rings. The summed E-state index contributed by atoms with van der Waals surface area (Å²) in [5.74, 6) is 0. The summed E-state index contributed by atoms with van der Waals surface area (Å²) < 4.78 is 1.83. The smallest absolute Gasteiger partial charge is 0.155 e. The minimum Gasteiger partial charge on any atom is -0.389 e. The predicted octanol–water partition coefficient (Wildman–Crippen LogP) is 1.77. The van der Waals surface area contributed by atoms with Gasteiger partial charge in [0.15, 0.2) is 5.65 Å². The lowest BCUT2D eigenvalue weighted by atomic mass is 9.96. The summed E-state index contributed by atoms with van der Waals surface area (Å²) in [5.41, 5.74) is 2.34. The van der Waals surface area contributed by atoms with Crippen molar-refractivity contribution < 1.29 is 5.11 Å². The molecule has 5 heteroatoms. The largest absolute Gasteiger partial charge is 0.389 e. The summed E-state index contributed by atoms with van der Waals surface area (Å²) in [6.07, 6.45) is 6.15. The number of likely N-dealkylation sites (tertiary alicyclic amines) is 1. The molecule has 0 amide bonds. The molecule has 20 heavy (non-hydrogen) atoms. The van der Waals surface area contributed by atoms with Gasteiger partial charge in [-0.1, -0.05) is 0 Å². The zero-order valence-corrected chi connectivity index (χ0v) is 12.4. The molecule has 0 radical (unpaired) electrons. The van der Waals surface area contributed by atoms with E-state index in [-0.39, 0.29) is 6.04 Å². The third kappa shape index (κ3) is 2.55. The van der Waals surface area contributed by atoms with Crippen molar-refractivity contribution in [3.63, 3.8) is 0 Å². The van der Waals surface area contributed by atoms with Crippen molar-refractivity contribution in [3.05, 3.63) is 29.7 Å². The summed E-state index contributed by atoms with van der Waals surface area (Å²) in [7, 11) is 0. The minimum absolute atomic E-state index is 0.220. The average molecular weight is 274 g/mol. The number of nitrogens with zero attached hydrogens (tertiary/aromatic N) is 4. The molecule has 3 rings (SSSR count). The van der Waals surface area contributed by atoms with Crippen LogP contribution < -0.4 is 0 Å². The molecule has 0 saturated carbocycles. The van der Waals surface area contributed by atoms with Crippen molar-refractivity contribution in [1.82, 2.24) is 19.5 Å². The van der Waals surface area contributed by atoms with Gasteiger partial charge in [0, 0.05) is 36.6 Å². The van der Waals surface area contributed by atoms with Crippen molar-refractivity contribution >= 4 is 5.65 Å². The summed E-state index contributed by atoms with van der Waals surface area (Å²) >= 11 is 0. The highest BCUT2D eigenvalue weighted by atomic mass is 16.3. The number of hydrogen-bond donors (Lipinski definition) is 1. The third-order valence-corrected chi connectivity index (χ3v) is 4.05. The summed E-state index contributed by atoms with van der Waals surface area (Å²) in [4.78, 5) is 6.79. The van der Waals surface area contributed by atoms with Crippen LogP contribution in [0.15, 0.2) is 18.5 Å². The van der Waals surface area contributed by atoms with E-state index in [0.29, 0.717) is 0 Å². The van der Waals surface area contributed by atoms with E-state index in [0.717, 1.165) is 42.8 Å². The lowest BCUT2D eigenvalue weighted by Crippen LogP contribution is -2.45. The Balaban J connectivity index is 1.81. The molecule has 1 fully saturated rings. The Morgan fingerprint density at radius 3 is 3.00 bits per heavy atom. The quantitative estimate of drug-likeness (QED) is 0.927. The highest BCUT2D eigenvalue weighted by molar-refractivity contribution is 5.38. The Bertz CT molecular complexity index is 614. The second-order valence-corrected chi connectivity index (χ2v) is 6.33. The first-order valence-electron chi connectivity index (χ1n) is 7.21. The molecule has 1 saturated heterocycles. The molecule has 108 valence electrons. The molecule has 1 atom stereocenters. The SMILES string of the molecule is Cc1cc2ncc(CN3CCC[C@H]3C(C)(C)O)cn2n1. The van der Waals surface area contributed by atoms with Crippen LogP contribution in [0.4, 0.5) is 0 Å². The van der Waals surface area contributed by atoms with E-state index in [4.69, 9.17) is 0 Å². The zero-order valence-electron chi connectivity index (χ0n) is 12.4. The second kappa shape index (κ2) is 4.82. The fourth-order valence-electron chi connectivity index (χ4n) is 3.17. The van der Waals surface area contributed by atoms with Crippen LogP contribution in [0.3, 0.4) is 0 Å². The molecule has 1 N–H and O–H groups in total. The fourth-order valence-corrected chi connectivity index (χ4v) is 3.17. The fraction of sp³-hybridized carbons (Fsp3) is 0.600. The molecule has 2 aromatic heterocycles. The van der Waals surface area contributed by atoms with E-state index in [9.17, 15) is 5.11 Å². The predicted molar refractivity (Wildman–Crippen MR) is 77.5 cm³/mol. The normalized spacial score (nSPS) is 20.9. The van der Waals surface area contributed by atoms with E-state index in [1.807, 2.05) is 43.7 Å². The minimum atomic E-state index is -0.656. The first-order valence-corrected chi connectivity index (χ1v) is 7.21. The monoisotopic (exact) mass is 274 g/mol. The third-order valence-electron chi connectivity index (χ3n) is 4.05. The van der Waals surface area contributed by atoms with Crippen molar-refractivity contribution in [1.29, 1.82) is 0 Å². The van der Waals surface area contributed by atoms with Crippen molar-refractivity contribution in [2.45, 2.75) is 51.8 Å². The molecule has 0 spiro atoms. The van der Waals surface area contributed by atoms with Gasteiger partial charge in [-0.2, -0.15) is 5.10 Å². The van der Waals surface area contributed by atoms with Gasteiger partial charge >= 0.3 is 0 Å². The molecule has 0 unspecified atom stereocenters. The number of fused-ring (bicyclic) bond motifs is 1. The number of aliphatic hydroxyl groups is 1. The molecule has 5 nitrogen and oxygen atoms in total. The van der Waals surface area contributed by atoms with Crippen LogP contribution in [-0.2, 0) is 6.54 Å². The van der Waals surface area contributed by atoms with E-state index >= 15 is 0 Å². The first-order chi connectivity index (χ1) is 9.43. The van der Waals surface area contributed by atoms with Crippen LogP contribution in [-0.4, -0.2) is 42.8 Å². The Hall–Kier alpha value is -1.46. The van der Waals surface area contributed by atoms with Gasteiger partial charge in [0.05, 0.1) is 11.3 Å². The average Bonchev–Trinajstić information content (AvgIpc) is 2.93. The van der Waals surface area contributed by atoms with Gasteiger partial charge in [-0.05, 0) is 40.2 Å². The van der Waals surface area contributed by atoms with Gasteiger partial charge in [0.1, 0.15) is 0 Å². The van der Waals surface area contributed by atoms with E-state index in [2.05, 4.69) is 15.0 Å². The van der Waals surface area contributed by atoms with Crippen molar-refractivity contribution in [2.24, 2.45) is 0 Å². The molecule has 0 aliphatic carbocycles. The van der Waals surface area contributed by atoms with Gasteiger partial charge < -0.3 is 5.11 Å². The van der Waals surface area contributed by atoms with E-state index < -0.39 is 5.60 Å². The van der Waals surface area contributed by atoms with Gasteiger partial charge in [-0.25, -0.2) is 9.50 Å². The van der Waals surface area contributed by atoms with Gasteiger partial charge in [0.2, 0.25) is 0 Å². The van der Waals surface area contributed by atoms with Crippen LogP contribution in [0.2, 0.25) is 0 Å². The molecule has 0 aromatic carbocycles. The topological polar surface area (TPSA) is 53.7 Å². The van der Waals surface area contributed by atoms with Gasteiger partial charge in [-0.15, -0.1) is 0 Å². The maximum absolute atomic E-state index is 10.3. The molecule has 1 aliphatic rings. The summed E-state index contributed by atoms with van der Waals surface area (Å²) in [6, 6.07) is 2.19. The standard InChI is InChI=1S/C15H22N4O/c1-11-7-14-16-8-12(10-19(14)17-11)9-18-6-4-5-13(18)15(2,3)20/h7-8,10,13,20H,4-6,9H2,1-3H3/t13-/m0/s1. The molecule has 3 heterocycles. The van der Waals surface area contributed by atoms with Crippen LogP contribution in [0.5, 0.6) is 0 Å².